The van der Waals surface area contributed by atoms with Crippen LogP contribution < -0.4 is 0 Å². The fraction of sp³-hybridized carbons (Fsp3) is 0.444. The molecule has 0 radical (unpaired) electrons. The first kappa shape index (κ1) is 29.9. The van der Waals surface area contributed by atoms with Crippen molar-refractivity contribution >= 4 is 47.8 Å². The summed E-state index contributed by atoms with van der Waals surface area (Å²) >= 11 is 10.0. The van der Waals surface area contributed by atoms with Crippen molar-refractivity contribution in [1.29, 1.82) is 0 Å². The molecule has 3 aromatic rings. The van der Waals surface area contributed by atoms with Gasteiger partial charge in [0, 0.05) is 44.1 Å². The van der Waals surface area contributed by atoms with E-state index in [0.29, 0.717) is 0 Å². The van der Waals surface area contributed by atoms with Crippen molar-refractivity contribution < 1.29 is 0 Å². The van der Waals surface area contributed by atoms with Crippen LogP contribution in [-0.4, -0.2) is 15.0 Å². The molecule has 0 atom stereocenters. The fourth-order valence-electron chi connectivity index (χ4n) is 2.47. The predicted octanol–water partition coefficient (Wildman–Crippen LogP) is 9.42. The van der Waals surface area contributed by atoms with Gasteiger partial charge in [0.05, 0.1) is 4.47 Å². The van der Waals surface area contributed by atoms with E-state index in [0.717, 1.165) is 24.9 Å². The molecular formula is C27H36Br3N3. The van der Waals surface area contributed by atoms with Gasteiger partial charge in [-0.1, -0.05) is 90.4 Å². The highest BCUT2D eigenvalue weighted by Gasteiger charge is 2.16. The van der Waals surface area contributed by atoms with Crippen molar-refractivity contribution in [2.45, 2.75) is 78.6 Å². The molecular weight excluding hydrogens is 606 g/mol. The summed E-state index contributed by atoms with van der Waals surface area (Å²) in [5, 5.41) is 0. The molecule has 3 rings (SSSR count). The summed E-state index contributed by atoms with van der Waals surface area (Å²) in [7, 11) is 0. The lowest BCUT2D eigenvalue weighted by Crippen LogP contribution is -2.15. The largest absolute Gasteiger partial charge is 0.260 e. The minimum absolute atomic E-state index is 0.0424. The molecule has 1 aromatic carbocycles. The average Bonchev–Trinajstić information content (AvgIpc) is 2.68. The molecule has 33 heavy (non-hydrogen) atoms. The maximum Gasteiger partial charge on any atom is 0.133 e. The summed E-state index contributed by atoms with van der Waals surface area (Å²) in [6.07, 6.45) is 5.38. The second-order valence-electron chi connectivity index (χ2n) is 10.8. The number of nitrogens with zero attached hydrogens (tertiary/aromatic N) is 3. The third kappa shape index (κ3) is 11.7. The van der Waals surface area contributed by atoms with Crippen molar-refractivity contribution in [2.75, 3.05) is 0 Å². The molecule has 0 bridgehead atoms. The second kappa shape index (κ2) is 12.6. The first-order valence-corrected chi connectivity index (χ1v) is 13.2. The summed E-state index contributed by atoms with van der Waals surface area (Å²) in [4.78, 5) is 12.7. The summed E-state index contributed by atoms with van der Waals surface area (Å²) in [6, 6.07) is 12.5. The Labute approximate surface area is 225 Å². The lowest BCUT2D eigenvalue weighted by molar-refractivity contribution is 0.544. The minimum atomic E-state index is 0.0424. The van der Waals surface area contributed by atoms with Crippen LogP contribution in [0.5, 0.6) is 0 Å². The van der Waals surface area contributed by atoms with Gasteiger partial charge >= 0.3 is 0 Å². The van der Waals surface area contributed by atoms with Gasteiger partial charge in [0.1, 0.15) is 5.82 Å². The molecule has 6 heteroatoms. The van der Waals surface area contributed by atoms with Gasteiger partial charge in [-0.05, 0) is 67.1 Å². The number of pyridine rings is 1. The van der Waals surface area contributed by atoms with Crippen molar-refractivity contribution in [3.05, 3.63) is 85.5 Å². The summed E-state index contributed by atoms with van der Waals surface area (Å²) in [6.45, 7) is 19.4. The Kier molecular flexibility index (Phi) is 11.4. The maximum absolute atomic E-state index is 4.30. The normalized spacial score (nSPS) is 11.6. The zero-order valence-corrected chi connectivity index (χ0v) is 25.9. The minimum Gasteiger partial charge on any atom is -0.260 e. The number of hydrogen-bond acceptors (Lipinski definition) is 3. The van der Waals surface area contributed by atoms with Gasteiger partial charge in [-0.3, -0.25) is 4.98 Å². The van der Waals surface area contributed by atoms with Gasteiger partial charge in [0.2, 0.25) is 0 Å². The molecule has 0 saturated heterocycles. The number of benzene rings is 1. The van der Waals surface area contributed by atoms with Crippen LogP contribution >= 0.6 is 47.8 Å². The van der Waals surface area contributed by atoms with Crippen LogP contribution in [0.2, 0.25) is 0 Å². The van der Waals surface area contributed by atoms with E-state index in [2.05, 4.69) is 149 Å². The Morgan fingerprint density at radius 3 is 1.30 bits per heavy atom. The number of aromatic nitrogens is 3. The lowest BCUT2D eigenvalue weighted by Gasteiger charge is -2.18. The molecule has 3 nitrogen and oxygen atoms in total. The van der Waals surface area contributed by atoms with Crippen LogP contribution in [0, 0.1) is 0 Å². The molecule has 0 unspecified atom stereocenters. The Hall–Kier alpha value is -1.11. The Bertz CT molecular complexity index is 830. The predicted molar refractivity (Wildman–Crippen MR) is 152 cm³/mol. The van der Waals surface area contributed by atoms with E-state index in [-0.39, 0.29) is 16.2 Å². The van der Waals surface area contributed by atoms with Gasteiger partial charge in [-0.15, -0.1) is 0 Å². The highest BCUT2D eigenvalue weighted by molar-refractivity contribution is 9.11. The van der Waals surface area contributed by atoms with E-state index >= 15 is 0 Å². The smallest absolute Gasteiger partial charge is 0.133 e. The highest BCUT2D eigenvalue weighted by Crippen LogP contribution is 2.23. The van der Waals surface area contributed by atoms with E-state index in [1.807, 2.05) is 18.3 Å². The first-order valence-electron chi connectivity index (χ1n) is 10.9. The Morgan fingerprint density at radius 1 is 0.485 bits per heavy atom. The van der Waals surface area contributed by atoms with Crippen LogP contribution in [-0.2, 0) is 16.2 Å². The summed E-state index contributed by atoms with van der Waals surface area (Å²) in [5.41, 5.74) is 2.96. The third-order valence-corrected chi connectivity index (χ3v) is 5.90. The lowest BCUT2D eigenvalue weighted by atomic mass is 9.87. The van der Waals surface area contributed by atoms with Crippen molar-refractivity contribution in [3.8, 4) is 0 Å². The Morgan fingerprint density at radius 2 is 0.939 bits per heavy atom. The molecule has 0 spiro atoms. The maximum atomic E-state index is 4.30. The summed E-state index contributed by atoms with van der Waals surface area (Å²) in [5.74, 6) is 0.876. The second-order valence-corrected chi connectivity index (χ2v) is 13.6. The van der Waals surface area contributed by atoms with Crippen molar-refractivity contribution in [1.82, 2.24) is 15.0 Å². The SMILES string of the molecule is CC(C)(C)c1ccc(Br)cc1.CC(C)(C)c1ccc(Br)cn1.CC(C)(C)c1ncc(Br)cn1. The van der Waals surface area contributed by atoms with Gasteiger partial charge in [0.15, 0.2) is 0 Å². The molecule has 0 saturated carbocycles. The van der Waals surface area contributed by atoms with Crippen LogP contribution in [0.3, 0.4) is 0 Å². The molecule has 2 heterocycles. The van der Waals surface area contributed by atoms with E-state index in [9.17, 15) is 0 Å². The quantitative estimate of drug-likeness (QED) is 0.245. The number of rotatable bonds is 0. The topological polar surface area (TPSA) is 38.7 Å². The molecule has 0 aliphatic carbocycles. The van der Waals surface area contributed by atoms with Gasteiger partial charge < -0.3 is 0 Å². The van der Waals surface area contributed by atoms with Crippen molar-refractivity contribution in [3.63, 3.8) is 0 Å². The highest BCUT2D eigenvalue weighted by atomic mass is 79.9. The molecule has 0 N–H and O–H groups in total. The fourth-order valence-corrected chi connectivity index (χ4v) is 3.17. The van der Waals surface area contributed by atoms with Crippen LogP contribution in [0.4, 0.5) is 0 Å². The van der Waals surface area contributed by atoms with E-state index < -0.39 is 0 Å². The zero-order valence-electron chi connectivity index (χ0n) is 21.2. The van der Waals surface area contributed by atoms with E-state index in [1.54, 1.807) is 12.4 Å². The molecule has 0 fully saturated rings. The van der Waals surface area contributed by atoms with E-state index in [4.69, 9.17) is 0 Å². The van der Waals surface area contributed by atoms with Gasteiger partial charge in [0.25, 0.3) is 0 Å². The standard InChI is InChI=1S/C10H13Br.C9H12BrN.C8H11BrN2/c1-10(2,3)8-4-6-9(11)7-5-8;1-9(2,3)8-5-4-7(10)6-11-8;1-8(2,3)7-10-4-6(9)5-11-7/h4-7H,1-3H3;4-6H,1-3H3;4-5H,1-3H3. The zero-order chi connectivity index (χ0) is 25.4. The van der Waals surface area contributed by atoms with Crippen molar-refractivity contribution in [2.24, 2.45) is 0 Å². The molecule has 0 aliphatic heterocycles. The van der Waals surface area contributed by atoms with E-state index in [1.165, 1.54) is 5.56 Å². The number of halogens is 3. The third-order valence-electron chi connectivity index (χ3n) is 4.50. The van der Waals surface area contributed by atoms with Crippen LogP contribution in [0.1, 0.15) is 79.4 Å². The molecule has 2 aromatic heterocycles. The van der Waals surface area contributed by atoms with Crippen LogP contribution in [0.25, 0.3) is 0 Å². The van der Waals surface area contributed by atoms with Gasteiger partial charge in [-0.25, -0.2) is 9.97 Å². The molecule has 180 valence electrons. The van der Waals surface area contributed by atoms with Crippen LogP contribution in [0.15, 0.2) is 68.4 Å². The Balaban J connectivity index is 0.000000247. The first-order chi connectivity index (χ1) is 15.0. The molecule has 0 amide bonds. The van der Waals surface area contributed by atoms with Gasteiger partial charge in [-0.2, -0.15) is 0 Å². The monoisotopic (exact) mass is 639 g/mol. The number of hydrogen-bond donors (Lipinski definition) is 0. The molecule has 0 aliphatic rings. The summed E-state index contributed by atoms with van der Waals surface area (Å²) < 4.78 is 3.10. The average molecular weight is 642 g/mol.